The second-order valence-electron chi connectivity index (χ2n) is 5.08. The van der Waals surface area contributed by atoms with Crippen molar-refractivity contribution in [3.8, 4) is 6.07 Å². The van der Waals surface area contributed by atoms with Gasteiger partial charge in [-0.2, -0.15) is 18.4 Å². The number of pyridine rings is 1. The molecule has 114 valence electrons. The van der Waals surface area contributed by atoms with Crippen LogP contribution in [0.5, 0.6) is 0 Å². The fraction of sp³-hybridized carbons (Fsp3) is 0.500. The second kappa shape index (κ2) is 6.57. The van der Waals surface area contributed by atoms with Crippen molar-refractivity contribution in [1.29, 1.82) is 5.26 Å². The van der Waals surface area contributed by atoms with Crippen LogP contribution in [0.3, 0.4) is 0 Å². The third-order valence-electron chi connectivity index (χ3n) is 3.18. The maximum absolute atomic E-state index is 12.7. The molecule has 0 fully saturated rings. The van der Waals surface area contributed by atoms with Gasteiger partial charge in [0, 0.05) is 12.2 Å². The Hall–Kier alpha value is -2.10. The van der Waals surface area contributed by atoms with Gasteiger partial charge in [0.1, 0.15) is 18.3 Å². The first-order chi connectivity index (χ1) is 9.65. The fourth-order valence-corrected chi connectivity index (χ4v) is 1.69. The van der Waals surface area contributed by atoms with Crippen molar-refractivity contribution < 1.29 is 18.0 Å². The lowest BCUT2D eigenvalue weighted by atomic mass is 10.0. The molecular weight excluding hydrogens is 283 g/mol. The Labute approximate surface area is 121 Å². The number of alkyl halides is 3. The minimum absolute atomic E-state index is 0.106. The van der Waals surface area contributed by atoms with Gasteiger partial charge in [-0.1, -0.05) is 13.8 Å². The zero-order chi connectivity index (χ0) is 16.2. The van der Waals surface area contributed by atoms with E-state index in [4.69, 9.17) is 5.26 Å². The number of halogens is 3. The molecule has 0 N–H and O–H groups in total. The number of carbonyl (C=O) groups excluding carboxylic acids is 1. The third-order valence-corrected chi connectivity index (χ3v) is 3.18. The largest absolute Gasteiger partial charge is 0.406 e. The highest BCUT2D eigenvalue weighted by atomic mass is 19.4. The summed E-state index contributed by atoms with van der Waals surface area (Å²) < 4.78 is 38.0. The molecule has 1 atom stereocenters. The molecule has 21 heavy (non-hydrogen) atoms. The van der Waals surface area contributed by atoms with Gasteiger partial charge in [0.15, 0.2) is 0 Å². The topological polar surface area (TPSA) is 57.0 Å². The standard InChI is InChI=1S/C14H16F3N3O/c1-9(2)10(3)20(8-14(15,16)17)13(21)12-5-4-11(6-18)7-19-12/h4-5,7,9-10H,8H2,1-3H3/t10-/m1/s1. The molecule has 1 aromatic rings. The predicted molar refractivity (Wildman–Crippen MR) is 70.3 cm³/mol. The molecule has 0 saturated heterocycles. The number of carbonyl (C=O) groups is 1. The number of rotatable bonds is 4. The molecule has 1 amide bonds. The van der Waals surface area contributed by atoms with E-state index in [9.17, 15) is 18.0 Å². The lowest BCUT2D eigenvalue weighted by Gasteiger charge is -2.32. The summed E-state index contributed by atoms with van der Waals surface area (Å²) in [7, 11) is 0. The molecule has 1 aromatic heterocycles. The van der Waals surface area contributed by atoms with Crippen LogP contribution in [0.25, 0.3) is 0 Å². The van der Waals surface area contributed by atoms with Gasteiger partial charge in [0.25, 0.3) is 5.91 Å². The molecular formula is C14H16F3N3O. The van der Waals surface area contributed by atoms with Crippen molar-refractivity contribution in [3.05, 3.63) is 29.6 Å². The fourth-order valence-electron chi connectivity index (χ4n) is 1.69. The van der Waals surface area contributed by atoms with Crippen LogP contribution >= 0.6 is 0 Å². The average molecular weight is 299 g/mol. The van der Waals surface area contributed by atoms with E-state index >= 15 is 0 Å². The summed E-state index contributed by atoms with van der Waals surface area (Å²) in [4.78, 5) is 16.8. The van der Waals surface area contributed by atoms with E-state index in [0.717, 1.165) is 4.90 Å². The molecule has 0 saturated carbocycles. The quantitative estimate of drug-likeness (QED) is 0.858. The van der Waals surface area contributed by atoms with Gasteiger partial charge in [0.05, 0.1) is 5.56 Å². The summed E-state index contributed by atoms with van der Waals surface area (Å²) in [5.41, 5.74) is 0.136. The summed E-state index contributed by atoms with van der Waals surface area (Å²) >= 11 is 0. The minimum atomic E-state index is -4.48. The molecule has 0 bridgehead atoms. The summed E-state index contributed by atoms with van der Waals surface area (Å²) in [6.45, 7) is 3.73. The van der Waals surface area contributed by atoms with Crippen molar-refractivity contribution in [2.75, 3.05) is 6.54 Å². The van der Waals surface area contributed by atoms with Crippen molar-refractivity contribution in [2.45, 2.75) is 33.0 Å². The van der Waals surface area contributed by atoms with Crippen molar-refractivity contribution in [1.82, 2.24) is 9.88 Å². The van der Waals surface area contributed by atoms with E-state index in [1.54, 1.807) is 20.8 Å². The molecule has 0 spiro atoms. The Balaban J connectivity index is 3.06. The molecule has 7 heteroatoms. The van der Waals surface area contributed by atoms with Gasteiger partial charge in [-0.25, -0.2) is 4.98 Å². The number of nitrogens with zero attached hydrogens (tertiary/aromatic N) is 3. The highest BCUT2D eigenvalue weighted by molar-refractivity contribution is 5.92. The van der Waals surface area contributed by atoms with Crippen LogP contribution in [0.2, 0.25) is 0 Å². The second-order valence-corrected chi connectivity index (χ2v) is 5.08. The summed E-state index contributed by atoms with van der Waals surface area (Å²) in [5, 5.41) is 8.66. The van der Waals surface area contributed by atoms with Gasteiger partial charge >= 0.3 is 6.18 Å². The number of amides is 1. The first-order valence-electron chi connectivity index (χ1n) is 6.39. The van der Waals surface area contributed by atoms with Crippen LogP contribution in [0, 0.1) is 17.2 Å². The van der Waals surface area contributed by atoms with Gasteiger partial charge in [0.2, 0.25) is 0 Å². The highest BCUT2D eigenvalue weighted by Crippen LogP contribution is 2.22. The van der Waals surface area contributed by atoms with Crippen LogP contribution in [-0.4, -0.2) is 34.6 Å². The minimum Gasteiger partial charge on any atom is -0.325 e. The van der Waals surface area contributed by atoms with Gasteiger partial charge in [-0.15, -0.1) is 0 Å². The molecule has 0 aliphatic rings. The van der Waals surface area contributed by atoms with E-state index in [2.05, 4.69) is 4.98 Å². The van der Waals surface area contributed by atoms with Crippen LogP contribution in [0.1, 0.15) is 36.8 Å². The lowest BCUT2D eigenvalue weighted by molar-refractivity contribution is -0.145. The smallest absolute Gasteiger partial charge is 0.325 e. The maximum atomic E-state index is 12.7. The van der Waals surface area contributed by atoms with Crippen molar-refractivity contribution in [2.24, 2.45) is 5.92 Å². The van der Waals surface area contributed by atoms with E-state index in [0.29, 0.717) is 0 Å². The molecule has 0 radical (unpaired) electrons. The molecule has 4 nitrogen and oxygen atoms in total. The van der Waals surface area contributed by atoms with E-state index in [1.165, 1.54) is 18.3 Å². The summed E-state index contributed by atoms with van der Waals surface area (Å²) in [5.74, 6) is -0.923. The zero-order valence-corrected chi connectivity index (χ0v) is 12.0. The number of nitriles is 1. The van der Waals surface area contributed by atoms with Gasteiger partial charge in [-0.05, 0) is 25.0 Å². The zero-order valence-electron chi connectivity index (χ0n) is 12.0. The van der Waals surface area contributed by atoms with Crippen molar-refractivity contribution in [3.63, 3.8) is 0 Å². The third kappa shape index (κ3) is 4.74. The Kier molecular flexibility index (Phi) is 5.30. The maximum Gasteiger partial charge on any atom is 0.406 e. The van der Waals surface area contributed by atoms with Crippen molar-refractivity contribution >= 4 is 5.91 Å². The van der Waals surface area contributed by atoms with Crippen LogP contribution in [0.4, 0.5) is 13.2 Å². The molecule has 0 aliphatic heterocycles. The van der Waals surface area contributed by atoms with Crippen LogP contribution in [0.15, 0.2) is 18.3 Å². The molecule has 0 aromatic carbocycles. The number of hydrogen-bond donors (Lipinski definition) is 0. The Morgan fingerprint density at radius 1 is 1.38 bits per heavy atom. The predicted octanol–water partition coefficient (Wildman–Crippen LogP) is 3.00. The van der Waals surface area contributed by atoms with Crippen LogP contribution < -0.4 is 0 Å². The van der Waals surface area contributed by atoms with E-state index in [1.807, 2.05) is 6.07 Å². The molecule has 1 heterocycles. The number of hydrogen-bond acceptors (Lipinski definition) is 3. The normalized spacial score (nSPS) is 12.9. The van der Waals surface area contributed by atoms with Gasteiger partial charge in [-0.3, -0.25) is 4.79 Å². The average Bonchev–Trinajstić information content (AvgIpc) is 2.42. The molecule has 0 aliphatic carbocycles. The lowest BCUT2D eigenvalue weighted by Crippen LogP contribution is -2.46. The molecule has 0 unspecified atom stereocenters. The first-order valence-corrected chi connectivity index (χ1v) is 6.39. The Bertz CT molecular complexity index is 532. The highest BCUT2D eigenvalue weighted by Gasteiger charge is 2.36. The van der Waals surface area contributed by atoms with E-state index in [-0.39, 0.29) is 17.2 Å². The molecule has 1 rings (SSSR count). The summed E-state index contributed by atoms with van der Waals surface area (Å²) in [6, 6.07) is 3.86. The summed E-state index contributed by atoms with van der Waals surface area (Å²) in [6.07, 6.45) is -3.32. The SMILES string of the molecule is CC(C)[C@@H](C)N(CC(F)(F)F)C(=O)c1ccc(C#N)cn1. The monoisotopic (exact) mass is 299 g/mol. The van der Waals surface area contributed by atoms with Gasteiger partial charge < -0.3 is 4.90 Å². The Morgan fingerprint density at radius 2 is 2.00 bits per heavy atom. The number of aromatic nitrogens is 1. The van der Waals surface area contributed by atoms with E-state index < -0.39 is 24.7 Å². The Morgan fingerprint density at radius 3 is 2.38 bits per heavy atom. The first kappa shape index (κ1) is 17.0. The van der Waals surface area contributed by atoms with Crippen LogP contribution in [-0.2, 0) is 0 Å².